The lowest BCUT2D eigenvalue weighted by Gasteiger charge is -2.43. The van der Waals surface area contributed by atoms with Crippen molar-refractivity contribution in [3.8, 4) is 5.75 Å². The van der Waals surface area contributed by atoms with E-state index >= 15 is 0 Å². The molecule has 1 saturated carbocycles. The van der Waals surface area contributed by atoms with E-state index in [0.29, 0.717) is 17.4 Å². The van der Waals surface area contributed by atoms with Crippen molar-refractivity contribution in [2.75, 3.05) is 19.0 Å². The summed E-state index contributed by atoms with van der Waals surface area (Å²) in [6.07, 6.45) is 1.30. The maximum Gasteiger partial charge on any atom is 0.138 e. The minimum Gasteiger partial charge on any atom is -0.489 e. The highest BCUT2D eigenvalue weighted by Gasteiger charge is 2.42. The summed E-state index contributed by atoms with van der Waals surface area (Å²) in [6.45, 7) is 6.67. The fourth-order valence-corrected chi connectivity index (χ4v) is 2.80. The van der Waals surface area contributed by atoms with Crippen LogP contribution < -0.4 is 10.1 Å². The van der Waals surface area contributed by atoms with Gasteiger partial charge in [-0.25, -0.2) is 0 Å². The first-order valence-corrected chi connectivity index (χ1v) is 7.80. The Balaban J connectivity index is 1.96. The number of rotatable bonds is 7. The first kappa shape index (κ1) is 16.4. The van der Waals surface area contributed by atoms with Crippen LogP contribution in [0.3, 0.4) is 0 Å². The second kappa shape index (κ2) is 7.34. The summed E-state index contributed by atoms with van der Waals surface area (Å²) >= 11 is 6.25. The van der Waals surface area contributed by atoms with E-state index in [-0.39, 0.29) is 24.4 Å². The summed E-state index contributed by atoms with van der Waals surface area (Å²) in [5, 5.41) is 4.06. The monoisotopic (exact) mass is 313 g/mol. The molecule has 0 spiro atoms. The summed E-state index contributed by atoms with van der Waals surface area (Å²) in [4.78, 5) is 0. The molecule has 1 aromatic carbocycles. The molecule has 1 aliphatic carbocycles. The molecule has 0 amide bonds. The van der Waals surface area contributed by atoms with Crippen molar-refractivity contribution in [1.29, 1.82) is 0 Å². The first-order chi connectivity index (χ1) is 10.0. The fraction of sp³-hybridized carbons (Fsp3) is 0.625. The molecule has 1 aliphatic rings. The Morgan fingerprint density at radius 1 is 1.38 bits per heavy atom. The van der Waals surface area contributed by atoms with Gasteiger partial charge in [-0.3, -0.25) is 0 Å². The van der Waals surface area contributed by atoms with Crippen molar-refractivity contribution < 1.29 is 14.2 Å². The number of halogens is 1. The van der Waals surface area contributed by atoms with Crippen LogP contribution in [0.15, 0.2) is 18.2 Å². The Bertz CT molecular complexity index is 467. The van der Waals surface area contributed by atoms with Gasteiger partial charge in [0.05, 0.1) is 23.3 Å². The van der Waals surface area contributed by atoms with Gasteiger partial charge < -0.3 is 19.5 Å². The van der Waals surface area contributed by atoms with Crippen LogP contribution >= 0.6 is 11.6 Å². The van der Waals surface area contributed by atoms with Crippen molar-refractivity contribution in [2.45, 2.75) is 51.5 Å². The molecule has 0 heterocycles. The van der Waals surface area contributed by atoms with Crippen molar-refractivity contribution in [3.05, 3.63) is 23.2 Å². The zero-order chi connectivity index (χ0) is 15.4. The lowest BCUT2D eigenvalue weighted by atomic mass is 9.85. The van der Waals surface area contributed by atoms with Gasteiger partial charge in [-0.1, -0.05) is 11.6 Å². The normalized spacial score (nSPS) is 24.8. The topological polar surface area (TPSA) is 39.7 Å². The molecule has 2 rings (SSSR count). The van der Waals surface area contributed by atoms with E-state index < -0.39 is 0 Å². The fourth-order valence-electron chi connectivity index (χ4n) is 2.57. The quantitative estimate of drug-likeness (QED) is 0.832. The molecule has 0 bridgehead atoms. The maximum absolute atomic E-state index is 6.25. The van der Waals surface area contributed by atoms with E-state index in [1.807, 2.05) is 39.0 Å². The van der Waals surface area contributed by atoms with Gasteiger partial charge in [-0.15, -0.1) is 0 Å². The van der Waals surface area contributed by atoms with Gasteiger partial charge in [0, 0.05) is 19.4 Å². The molecule has 0 aliphatic heterocycles. The van der Waals surface area contributed by atoms with Gasteiger partial charge in [0.2, 0.25) is 0 Å². The Labute approximate surface area is 131 Å². The van der Waals surface area contributed by atoms with E-state index in [4.69, 9.17) is 25.8 Å². The summed E-state index contributed by atoms with van der Waals surface area (Å²) in [5.74, 6) is 0.710. The van der Waals surface area contributed by atoms with E-state index in [0.717, 1.165) is 12.1 Å². The zero-order valence-corrected chi connectivity index (χ0v) is 13.8. The number of nitrogens with one attached hydrogen (secondary N) is 1. The molecule has 0 saturated heterocycles. The van der Waals surface area contributed by atoms with E-state index in [9.17, 15) is 0 Å². The lowest BCUT2D eigenvalue weighted by Crippen LogP contribution is -2.56. The van der Waals surface area contributed by atoms with E-state index in [1.54, 1.807) is 7.11 Å². The SMILES string of the molecule is CCOC1CC(Nc2ccc(OC(C)C)c(Cl)c2)C1OC. The molecule has 3 atom stereocenters. The molecular weight excluding hydrogens is 290 g/mol. The van der Waals surface area contributed by atoms with Gasteiger partial charge in [0.1, 0.15) is 11.9 Å². The van der Waals surface area contributed by atoms with Gasteiger partial charge in [0.15, 0.2) is 0 Å². The third kappa shape index (κ3) is 4.02. The predicted octanol–water partition coefficient (Wildman–Crippen LogP) is 3.73. The van der Waals surface area contributed by atoms with Crippen LogP contribution in [0.2, 0.25) is 5.02 Å². The van der Waals surface area contributed by atoms with Gasteiger partial charge in [-0.2, -0.15) is 0 Å². The minimum atomic E-state index is 0.0790. The minimum absolute atomic E-state index is 0.0790. The number of anilines is 1. The average molecular weight is 314 g/mol. The maximum atomic E-state index is 6.25. The number of hydrogen-bond donors (Lipinski definition) is 1. The summed E-state index contributed by atoms with van der Waals surface area (Å²) < 4.78 is 16.8. The largest absolute Gasteiger partial charge is 0.489 e. The van der Waals surface area contributed by atoms with Gasteiger partial charge >= 0.3 is 0 Å². The van der Waals surface area contributed by atoms with Crippen LogP contribution in [0.1, 0.15) is 27.2 Å². The van der Waals surface area contributed by atoms with E-state index in [1.165, 1.54) is 0 Å². The van der Waals surface area contributed by atoms with Crippen LogP contribution in [0.5, 0.6) is 5.75 Å². The Morgan fingerprint density at radius 3 is 2.71 bits per heavy atom. The van der Waals surface area contributed by atoms with Crippen LogP contribution in [0.25, 0.3) is 0 Å². The summed E-state index contributed by atoms with van der Waals surface area (Å²) in [6, 6.07) is 6.01. The van der Waals surface area contributed by atoms with Crippen LogP contribution in [0, 0.1) is 0 Å². The van der Waals surface area contributed by atoms with Crippen molar-refractivity contribution in [1.82, 2.24) is 0 Å². The van der Waals surface area contributed by atoms with Crippen LogP contribution in [-0.4, -0.2) is 38.1 Å². The highest BCUT2D eigenvalue weighted by atomic mass is 35.5. The van der Waals surface area contributed by atoms with Crippen LogP contribution in [0.4, 0.5) is 5.69 Å². The highest BCUT2D eigenvalue weighted by Crippen LogP contribution is 2.33. The predicted molar refractivity (Wildman–Crippen MR) is 85.5 cm³/mol. The Kier molecular flexibility index (Phi) is 5.73. The molecule has 0 aromatic heterocycles. The molecule has 1 fully saturated rings. The van der Waals surface area contributed by atoms with Gasteiger partial charge in [-0.05, 0) is 45.4 Å². The molecule has 21 heavy (non-hydrogen) atoms. The van der Waals surface area contributed by atoms with E-state index in [2.05, 4.69) is 5.32 Å². The highest BCUT2D eigenvalue weighted by molar-refractivity contribution is 6.32. The lowest BCUT2D eigenvalue weighted by molar-refractivity contribution is -0.118. The Hall–Kier alpha value is -0.970. The number of ether oxygens (including phenoxy) is 3. The third-order valence-electron chi connectivity index (χ3n) is 3.55. The summed E-state index contributed by atoms with van der Waals surface area (Å²) in [5.41, 5.74) is 0.970. The second-order valence-electron chi connectivity index (χ2n) is 5.49. The number of hydrogen-bond acceptors (Lipinski definition) is 4. The average Bonchev–Trinajstić information content (AvgIpc) is 2.40. The molecule has 0 radical (unpaired) electrons. The standard InChI is InChI=1S/C16H24ClNO3/c1-5-20-15-9-13(16(15)19-4)18-11-6-7-14(12(17)8-11)21-10(2)3/h6-8,10,13,15-16,18H,5,9H2,1-4H3. The summed E-state index contributed by atoms with van der Waals surface area (Å²) in [7, 11) is 1.72. The second-order valence-corrected chi connectivity index (χ2v) is 5.90. The van der Waals surface area contributed by atoms with Crippen molar-refractivity contribution in [2.24, 2.45) is 0 Å². The van der Waals surface area contributed by atoms with Gasteiger partial charge in [0.25, 0.3) is 0 Å². The van der Waals surface area contributed by atoms with Crippen molar-refractivity contribution >= 4 is 17.3 Å². The molecule has 5 heteroatoms. The smallest absolute Gasteiger partial charge is 0.138 e. The van der Waals surface area contributed by atoms with Crippen LogP contribution in [-0.2, 0) is 9.47 Å². The first-order valence-electron chi connectivity index (χ1n) is 7.42. The molecule has 4 nitrogen and oxygen atoms in total. The van der Waals surface area contributed by atoms with Crippen molar-refractivity contribution in [3.63, 3.8) is 0 Å². The molecule has 1 aromatic rings. The molecule has 3 unspecified atom stereocenters. The number of methoxy groups -OCH3 is 1. The molecule has 118 valence electrons. The Morgan fingerprint density at radius 2 is 2.14 bits per heavy atom. The molecule has 1 N–H and O–H groups in total. The zero-order valence-electron chi connectivity index (χ0n) is 13.1. The number of benzene rings is 1. The molecular formula is C16H24ClNO3. The third-order valence-corrected chi connectivity index (χ3v) is 3.84.